The summed E-state index contributed by atoms with van der Waals surface area (Å²) < 4.78 is 0. The minimum atomic E-state index is -0.590. The van der Waals surface area contributed by atoms with Crippen LogP contribution >= 0.6 is 0 Å². The van der Waals surface area contributed by atoms with Crippen molar-refractivity contribution in [1.29, 1.82) is 0 Å². The largest absolute Gasteiger partial charge is 0.481 e. The van der Waals surface area contributed by atoms with E-state index in [2.05, 4.69) is 13.8 Å². The Morgan fingerprint density at radius 3 is 2.47 bits per heavy atom. The van der Waals surface area contributed by atoms with Crippen LogP contribution in [0.4, 0.5) is 0 Å². The van der Waals surface area contributed by atoms with E-state index in [4.69, 9.17) is 0 Å². The third-order valence-corrected chi connectivity index (χ3v) is 4.43. The van der Waals surface area contributed by atoms with Crippen LogP contribution in [-0.4, -0.2) is 11.1 Å². The number of rotatable bonds is 1. The van der Waals surface area contributed by atoms with Crippen LogP contribution < -0.4 is 0 Å². The van der Waals surface area contributed by atoms with Gasteiger partial charge >= 0.3 is 5.97 Å². The molecule has 2 aliphatic rings. The van der Waals surface area contributed by atoms with E-state index >= 15 is 0 Å². The normalized spacial score (nSPS) is 50.1. The molecule has 4 atom stereocenters. The summed E-state index contributed by atoms with van der Waals surface area (Å²) >= 11 is 0. The van der Waals surface area contributed by atoms with Gasteiger partial charge in [-0.2, -0.15) is 0 Å². The Balaban J connectivity index is 2.23. The SMILES string of the molecule is CC1CC2CC(C)(C1)CC(C)(C(=O)O)C2. The van der Waals surface area contributed by atoms with Gasteiger partial charge in [-0.3, -0.25) is 4.79 Å². The molecule has 2 aliphatic carbocycles. The second-order valence-corrected chi connectivity index (χ2v) is 6.67. The first kappa shape index (κ1) is 11.0. The molecule has 4 unspecified atom stereocenters. The molecular weight excluding hydrogens is 188 g/mol. The van der Waals surface area contributed by atoms with Gasteiger partial charge in [-0.05, 0) is 56.3 Å². The molecule has 0 heterocycles. The Morgan fingerprint density at radius 1 is 1.27 bits per heavy atom. The quantitative estimate of drug-likeness (QED) is 0.721. The molecule has 2 nitrogen and oxygen atoms in total. The molecule has 0 aromatic heterocycles. The third kappa shape index (κ3) is 1.91. The molecule has 0 aromatic carbocycles. The zero-order chi connectivity index (χ0) is 11.3. The first-order valence-corrected chi connectivity index (χ1v) is 6.06. The average molecular weight is 210 g/mol. The van der Waals surface area contributed by atoms with Crippen LogP contribution in [0.5, 0.6) is 0 Å². The van der Waals surface area contributed by atoms with Crippen LogP contribution in [0.2, 0.25) is 0 Å². The van der Waals surface area contributed by atoms with E-state index in [1.165, 1.54) is 19.3 Å². The van der Waals surface area contributed by atoms with Gasteiger partial charge in [0.2, 0.25) is 0 Å². The summed E-state index contributed by atoms with van der Waals surface area (Å²) in [6.07, 6.45) is 5.46. The summed E-state index contributed by atoms with van der Waals surface area (Å²) in [7, 11) is 0. The maximum Gasteiger partial charge on any atom is 0.309 e. The number of hydrogen-bond acceptors (Lipinski definition) is 1. The van der Waals surface area contributed by atoms with Gasteiger partial charge in [-0.15, -0.1) is 0 Å². The Bertz CT molecular complexity index is 282. The van der Waals surface area contributed by atoms with E-state index in [1.807, 2.05) is 6.92 Å². The van der Waals surface area contributed by atoms with Crippen molar-refractivity contribution in [3.05, 3.63) is 0 Å². The van der Waals surface area contributed by atoms with Crippen molar-refractivity contribution < 1.29 is 9.90 Å². The third-order valence-electron chi connectivity index (χ3n) is 4.43. The fraction of sp³-hybridized carbons (Fsp3) is 0.923. The molecule has 2 bridgehead atoms. The van der Waals surface area contributed by atoms with Crippen molar-refractivity contribution >= 4 is 5.97 Å². The van der Waals surface area contributed by atoms with Gasteiger partial charge in [0, 0.05) is 0 Å². The second-order valence-electron chi connectivity index (χ2n) is 6.67. The first-order chi connectivity index (χ1) is 6.83. The molecule has 0 spiro atoms. The zero-order valence-electron chi connectivity index (χ0n) is 10.0. The van der Waals surface area contributed by atoms with Gasteiger partial charge in [0.25, 0.3) is 0 Å². The van der Waals surface area contributed by atoms with Crippen LogP contribution in [0, 0.1) is 22.7 Å². The summed E-state index contributed by atoms with van der Waals surface area (Å²) in [6, 6.07) is 0. The number of carboxylic acid groups (broad SMARTS) is 1. The smallest absolute Gasteiger partial charge is 0.309 e. The van der Waals surface area contributed by atoms with Crippen molar-refractivity contribution in [3.63, 3.8) is 0 Å². The van der Waals surface area contributed by atoms with Crippen LogP contribution in [0.1, 0.15) is 52.9 Å². The molecule has 86 valence electrons. The van der Waals surface area contributed by atoms with Crippen molar-refractivity contribution in [1.82, 2.24) is 0 Å². The predicted molar refractivity (Wildman–Crippen MR) is 59.6 cm³/mol. The standard InChI is InChI=1S/C13H22O2/c1-9-4-10-6-12(2,5-9)8-13(3,7-10)11(14)15/h9-10H,4-8H2,1-3H3,(H,14,15). The summed E-state index contributed by atoms with van der Waals surface area (Å²) in [4.78, 5) is 11.3. The Kier molecular flexibility index (Phi) is 2.36. The van der Waals surface area contributed by atoms with E-state index in [0.29, 0.717) is 5.92 Å². The zero-order valence-corrected chi connectivity index (χ0v) is 10.0. The topological polar surface area (TPSA) is 37.3 Å². The van der Waals surface area contributed by atoms with Gasteiger partial charge in [0.15, 0.2) is 0 Å². The Hall–Kier alpha value is -0.530. The molecule has 0 aliphatic heterocycles. The highest BCUT2D eigenvalue weighted by Crippen LogP contribution is 2.56. The summed E-state index contributed by atoms with van der Waals surface area (Å²) in [5.74, 6) is 0.841. The summed E-state index contributed by atoms with van der Waals surface area (Å²) in [5.41, 5.74) is -0.175. The van der Waals surface area contributed by atoms with Crippen molar-refractivity contribution in [2.45, 2.75) is 52.9 Å². The van der Waals surface area contributed by atoms with Crippen molar-refractivity contribution in [3.8, 4) is 0 Å². The molecule has 1 N–H and O–H groups in total. The fourth-order valence-corrected chi connectivity index (χ4v) is 4.47. The van der Waals surface area contributed by atoms with Crippen LogP contribution in [-0.2, 0) is 4.79 Å². The van der Waals surface area contributed by atoms with Gasteiger partial charge in [0.05, 0.1) is 5.41 Å². The number of fused-ring (bicyclic) bond motifs is 2. The van der Waals surface area contributed by atoms with Crippen molar-refractivity contribution in [2.75, 3.05) is 0 Å². The molecule has 15 heavy (non-hydrogen) atoms. The van der Waals surface area contributed by atoms with E-state index in [1.54, 1.807) is 0 Å². The Morgan fingerprint density at radius 2 is 1.93 bits per heavy atom. The molecule has 2 fully saturated rings. The van der Waals surface area contributed by atoms with Crippen LogP contribution in [0.15, 0.2) is 0 Å². The first-order valence-electron chi connectivity index (χ1n) is 6.06. The lowest BCUT2D eigenvalue weighted by Crippen LogP contribution is -2.45. The predicted octanol–water partition coefficient (Wildman–Crippen LogP) is 3.31. The maximum absolute atomic E-state index is 11.3. The molecule has 0 aromatic rings. The number of carbonyl (C=O) groups is 1. The minimum Gasteiger partial charge on any atom is -0.481 e. The number of aliphatic carboxylic acids is 1. The van der Waals surface area contributed by atoms with E-state index in [-0.39, 0.29) is 5.41 Å². The molecule has 2 saturated carbocycles. The van der Waals surface area contributed by atoms with Gasteiger partial charge < -0.3 is 5.11 Å². The summed E-state index contributed by atoms with van der Waals surface area (Å²) in [6.45, 7) is 6.54. The molecule has 2 heteroatoms. The van der Waals surface area contributed by atoms with Gasteiger partial charge in [0.1, 0.15) is 0 Å². The van der Waals surface area contributed by atoms with Gasteiger partial charge in [-0.1, -0.05) is 13.8 Å². The lowest BCUT2D eigenvalue weighted by molar-refractivity contribution is -0.156. The average Bonchev–Trinajstić information content (AvgIpc) is 1.97. The molecule has 0 amide bonds. The van der Waals surface area contributed by atoms with E-state index in [9.17, 15) is 9.90 Å². The number of hydrogen-bond donors (Lipinski definition) is 1. The van der Waals surface area contributed by atoms with Crippen LogP contribution in [0.3, 0.4) is 0 Å². The van der Waals surface area contributed by atoms with E-state index < -0.39 is 11.4 Å². The minimum absolute atomic E-state index is 0.285. The highest BCUT2D eigenvalue weighted by Gasteiger charge is 2.50. The molecule has 0 saturated heterocycles. The van der Waals surface area contributed by atoms with E-state index in [0.717, 1.165) is 18.8 Å². The van der Waals surface area contributed by atoms with Gasteiger partial charge in [-0.25, -0.2) is 0 Å². The highest BCUT2D eigenvalue weighted by atomic mass is 16.4. The maximum atomic E-state index is 11.3. The molecular formula is C13H22O2. The monoisotopic (exact) mass is 210 g/mol. The second kappa shape index (κ2) is 3.23. The lowest BCUT2D eigenvalue weighted by Gasteiger charge is -2.51. The van der Waals surface area contributed by atoms with Crippen LogP contribution in [0.25, 0.3) is 0 Å². The Labute approximate surface area is 92.1 Å². The molecule has 0 radical (unpaired) electrons. The summed E-state index contributed by atoms with van der Waals surface area (Å²) in [5, 5.41) is 9.33. The highest BCUT2D eigenvalue weighted by molar-refractivity contribution is 5.74. The fourth-order valence-electron chi connectivity index (χ4n) is 4.47. The number of carboxylic acids is 1. The van der Waals surface area contributed by atoms with Crippen molar-refractivity contribution in [2.24, 2.45) is 22.7 Å². The molecule has 2 rings (SSSR count). The lowest BCUT2D eigenvalue weighted by atomic mass is 9.53.